The van der Waals surface area contributed by atoms with Crippen molar-refractivity contribution in [3.8, 4) is 0 Å². The lowest BCUT2D eigenvalue weighted by Crippen LogP contribution is -2.41. The highest BCUT2D eigenvalue weighted by atomic mass is 16.7. The highest BCUT2D eigenvalue weighted by Gasteiger charge is 2.35. The van der Waals surface area contributed by atoms with Crippen LogP contribution in [0.4, 0.5) is 0 Å². The minimum Gasteiger partial charge on any atom is -0.393 e. The molecular formula is C13H24O3. The number of ether oxygens (including phenoxy) is 2. The van der Waals surface area contributed by atoms with Crippen LogP contribution in [0, 0.1) is 11.8 Å². The Labute approximate surface area is 98.1 Å². The summed E-state index contributed by atoms with van der Waals surface area (Å²) >= 11 is 0. The molecule has 16 heavy (non-hydrogen) atoms. The molecule has 2 aliphatic rings. The second-order valence-electron chi connectivity index (χ2n) is 5.48. The molecule has 1 N–H and O–H groups in total. The molecule has 1 aliphatic carbocycles. The molecular weight excluding hydrogens is 204 g/mol. The lowest BCUT2D eigenvalue weighted by molar-refractivity contribution is -0.217. The Bertz CT molecular complexity index is 201. The minimum atomic E-state index is -0.142. The number of hydrogen-bond donors (Lipinski definition) is 1. The smallest absolute Gasteiger partial charge is 0.157 e. The molecule has 3 heteroatoms. The lowest BCUT2D eigenvalue weighted by Gasteiger charge is -2.39. The van der Waals surface area contributed by atoms with Crippen LogP contribution < -0.4 is 0 Å². The molecule has 0 bridgehead atoms. The molecule has 3 nitrogen and oxygen atoms in total. The first kappa shape index (κ1) is 12.3. The monoisotopic (exact) mass is 228 g/mol. The number of hydrogen-bond acceptors (Lipinski definition) is 3. The normalized spacial score (nSPS) is 45.6. The Balaban J connectivity index is 1.86. The highest BCUT2D eigenvalue weighted by molar-refractivity contribution is 4.83. The summed E-state index contributed by atoms with van der Waals surface area (Å²) in [6, 6.07) is 0. The van der Waals surface area contributed by atoms with E-state index in [-0.39, 0.29) is 18.5 Å². The van der Waals surface area contributed by atoms with Gasteiger partial charge >= 0.3 is 0 Å². The van der Waals surface area contributed by atoms with Gasteiger partial charge in [0.15, 0.2) is 6.29 Å². The van der Waals surface area contributed by atoms with E-state index in [2.05, 4.69) is 13.8 Å². The summed E-state index contributed by atoms with van der Waals surface area (Å²) in [5.74, 6) is 0.869. The first-order valence-electron chi connectivity index (χ1n) is 6.62. The summed E-state index contributed by atoms with van der Waals surface area (Å²) in [4.78, 5) is 0. The van der Waals surface area contributed by atoms with Gasteiger partial charge in [-0.15, -0.1) is 0 Å². The van der Waals surface area contributed by atoms with Gasteiger partial charge in [-0.25, -0.2) is 0 Å². The van der Waals surface area contributed by atoms with Gasteiger partial charge in [-0.2, -0.15) is 0 Å². The zero-order chi connectivity index (χ0) is 11.5. The quantitative estimate of drug-likeness (QED) is 0.788. The van der Waals surface area contributed by atoms with E-state index in [4.69, 9.17) is 9.47 Å². The predicted molar refractivity (Wildman–Crippen MR) is 62.0 cm³/mol. The van der Waals surface area contributed by atoms with Crippen LogP contribution >= 0.6 is 0 Å². The minimum absolute atomic E-state index is 0.00103. The zero-order valence-corrected chi connectivity index (χ0v) is 10.4. The molecule has 0 amide bonds. The van der Waals surface area contributed by atoms with Crippen LogP contribution in [-0.2, 0) is 9.47 Å². The second-order valence-corrected chi connectivity index (χ2v) is 5.48. The molecule has 1 saturated carbocycles. The Kier molecular flexibility index (Phi) is 4.22. The molecule has 0 spiro atoms. The van der Waals surface area contributed by atoms with Crippen molar-refractivity contribution in [3.63, 3.8) is 0 Å². The average Bonchev–Trinajstić information content (AvgIpc) is 2.25. The molecule has 94 valence electrons. The molecule has 0 radical (unpaired) electrons. The van der Waals surface area contributed by atoms with E-state index >= 15 is 0 Å². The molecule has 2 fully saturated rings. The second kappa shape index (κ2) is 5.48. The van der Waals surface area contributed by atoms with Crippen molar-refractivity contribution >= 4 is 0 Å². The van der Waals surface area contributed by atoms with Crippen LogP contribution in [0.25, 0.3) is 0 Å². The Morgan fingerprint density at radius 2 is 1.81 bits per heavy atom. The lowest BCUT2D eigenvalue weighted by atomic mass is 9.79. The van der Waals surface area contributed by atoms with Gasteiger partial charge in [-0.1, -0.05) is 13.8 Å². The fourth-order valence-corrected chi connectivity index (χ4v) is 3.05. The number of aliphatic hydroxyl groups is 1. The molecule has 3 atom stereocenters. The van der Waals surface area contributed by atoms with E-state index in [1.807, 2.05) is 0 Å². The van der Waals surface area contributed by atoms with Crippen molar-refractivity contribution in [3.05, 3.63) is 0 Å². The van der Waals surface area contributed by atoms with E-state index in [0.29, 0.717) is 11.8 Å². The SMILES string of the molecule is C[C@H]1CC(O)C[C@H](C)C1OC1CCCCO1. The van der Waals surface area contributed by atoms with E-state index in [1.165, 1.54) is 6.42 Å². The molecule has 2 rings (SSSR count). The maximum atomic E-state index is 9.69. The summed E-state index contributed by atoms with van der Waals surface area (Å²) in [5.41, 5.74) is 0. The first-order chi connectivity index (χ1) is 7.66. The van der Waals surface area contributed by atoms with Crippen LogP contribution in [-0.4, -0.2) is 30.2 Å². The van der Waals surface area contributed by atoms with Crippen LogP contribution in [0.15, 0.2) is 0 Å². The van der Waals surface area contributed by atoms with Gasteiger partial charge in [-0.3, -0.25) is 0 Å². The van der Waals surface area contributed by atoms with Crippen molar-refractivity contribution in [2.24, 2.45) is 11.8 Å². The third-order valence-corrected chi connectivity index (χ3v) is 3.86. The van der Waals surface area contributed by atoms with Gasteiger partial charge in [0.25, 0.3) is 0 Å². The number of aliphatic hydroxyl groups excluding tert-OH is 1. The van der Waals surface area contributed by atoms with Gasteiger partial charge < -0.3 is 14.6 Å². The van der Waals surface area contributed by atoms with Crippen LogP contribution in [0.3, 0.4) is 0 Å². The highest BCUT2D eigenvalue weighted by Crippen LogP contribution is 2.33. The zero-order valence-electron chi connectivity index (χ0n) is 10.4. The molecule has 0 aromatic rings. The van der Waals surface area contributed by atoms with E-state index in [9.17, 15) is 5.11 Å². The molecule has 1 unspecified atom stereocenters. The van der Waals surface area contributed by atoms with E-state index in [1.54, 1.807) is 0 Å². The maximum absolute atomic E-state index is 9.69. The third-order valence-electron chi connectivity index (χ3n) is 3.86. The van der Waals surface area contributed by atoms with Crippen molar-refractivity contribution in [2.75, 3.05) is 6.61 Å². The van der Waals surface area contributed by atoms with E-state index in [0.717, 1.165) is 32.3 Å². The Morgan fingerprint density at radius 3 is 2.38 bits per heavy atom. The van der Waals surface area contributed by atoms with Gasteiger partial charge in [0.05, 0.1) is 12.2 Å². The molecule has 0 aromatic carbocycles. The van der Waals surface area contributed by atoms with Crippen LogP contribution in [0.2, 0.25) is 0 Å². The van der Waals surface area contributed by atoms with E-state index < -0.39 is 0 Å². The summed E-state index contributed by atoms with van der Waals surface area (Å²) in [7, 11) is 0. The predicted octanol–water partition coefficient (Wildman–Crippen LogP) is 2.33. The number of rotatable bonds is 2. The molecule has 1 saturated heterocycles. The summed E-state index contributed by atoms with van der Waals surface area (Å²) in [6.45, 7) is 5.18. The van der Waals surface area contributed by atoms with Crippen molar-refractivity contribution in [1.29, 1.82) is 0 Å². The summed E-state index contributed by atoms with van der Waals surface area (Å²) in [6.07, 6.45) is 5.24. The fourth-order valence-electron chi connectivity index (χ4n) is 3.05. The van der Waals surface area contributed by atoms with Gasteiger partial charge in [0, 0.05) is 6.61 Å². The van der Waals surface area contributed by atoms with Crippen molar-refractivity contribution in [1.82, 2.24) is 0 Å². The first-order valence-corrected chi connectivity index (χ1v) is 6.62. The molecule has 0 aromatic heterocycles. The van der Waals surface area contributed by atoms with Crippen molar-refractivity contribution < 1.29 is 14.6 Å². The van der Waals surface area contributed by atoms with Gasteiger partial charge in [0.2, 0.25) is 0 Å². The topological polar surface area (TPSA) is 38.7 Å². The third kappa shape index (κ3) is 2.96. The Hall–Kier alpha value is -0.120. The molecule has 1 heterocycles. The standard InChI is InChI=1S/C13H24O3/c1-9-7-11(14)8-10(2)13(9)16-12-5-3-4-6-15-12/h9-14H,3-8H2,1-2H3/t9-,10-,11?,12?,13?/m0/s1. The van der Waals surface area contributed by atoms with Gasteiger partial charge in [0.1, 0.15) is 0 Å². The van der Waals surface area contributed by atoms with Crippen LogP contribution in [0.1, 0.15) is 46.0 Å². The summed E-state index contributed by atoms with van der Waals surface area (Å²) < 4.78 is 11.7. The van der Waals surface area contributed by atoms with Crippen LogP contribution in [0.5, 0.6) is 0 Å². The van der Waals surface area contributed by atoms with Crippen molar-refractivity contribution in [2.45, 2.75) is 64.4 Å². The molecule has 1 aliphatic heterocycles. The maximum Gasteiger partial charge on any atom is 0.157 e. The van der Waals surface area contributed by atoms with Gasteiger partial charge in [-0.05, 0) is 43.9 Å². The Morgan fingerprint density at radius 1 is 1.12 bits per heavy atom. The average molecular weight is 228 g/mol. The largest absolute Gasteiger partial charge is 0.393 e. The summed E-state index contributed by atoms with van der Waals surface area (Å²) in [5, 5.41) is 9.69. The fraction of sp³-hybridized carbons (Fsp3) is 1.00.